The van der Waals surface area contributed by atoms with Crippen LogP contribution in [0.5, 0.6) is 0 Å². The van der Waals surface area contributed by atoms with Crippen molar-refractivity contribution in [1.82, 2.24) is 5.01 Å². The molecule has 0 saturated heterocycles. The van der Waals surface area contributed by atoms with Gasteiger partial charge in [-0.2, -0.15) is 18.3 Å². The predicted molar refractivity (Wildman–Crippen MR) is 74.1 cm³/mol. The van der Waals surface area contributed by atoms with Crippen LogP contribution in [0.1, 0.15) is 37.3 Å². The molecule has 0 atom stereocenters. The molecule has 0 bridgehead atoms. The molecule has 0 spiro atoms. The van der Waals surface area contributed by atoms with Crippen molar-refractivity contribution < 1.29 is 18.0 Å². The smallest absolute Gasteiger partial charge is 0.298 e. The maximum atomic E-state index is 12.5. The van der Waals surface area contributed by atoms with Gasteiger partial charge in [-0.15, -0.1) is 0 Å². The Morgan fingerprint density at radius 1 is 1.29 bits per heavy atom. The second-order valence-corrected chi connectivity index (χ2v) is 5.01. The van der Waals surface area contributed by atoms with Crippen LogP contribution in [0.3, 0.4) is 0 Å². The van der Waals surface area contributed by atoms with Crippen molar-refractivity contribution in [3.8, 4) is 0 Å². The van der Waals surface area contributed by atoms with E-state index in [4.69, 9.17) is 0 Å². The maximum absolute atomic E-state index is 12.5. The first kappa shape index (κ1) is 15.5. The third-order valence-corrected chi connectivity index (χ3v) is 3.39. The molecule has 1 aliphatic heterocycles. The minimum absolute atomic E-state index is 0.104. The molecule has 1 aromatic rings. The number of carbonyl (C=O) groups excluding carboxylic acids is 1. The number of halogens is 3. The molecule has 21 heavy (non-hydrogen) atoms. The molecule has 0 aromatic heterocycles. The van der Waals surface area contributed by atoms with Crippen LogP contribution in [0, 0.1) is 0 Å². The number of benzene rings is 1. The van der Waals surface area contributed by atoms with Crippen molar-refractivity contribution in [2.24, 2.45) is 5.10 Å². The highest BCUT2D eigenvalue weighted by Gasteiger charge is 2.30. The Hall–Kier alpha value is -1.85. The van der Waals surface area contributed by atoms with E-state index in [0.29, 0.717) is 24.9 Å². The average molecular weight is 298 g/mol. The van der Waals surface area contributed by atoms with Crippen LogP contribution in [0.25, 0.3) is 0 Å². The SMILES string of the molecule is CCC(=O)CN1CCCC(c2ccc(C(F)(F)F)cc2)=N1. The lowest BCUT2D eigenvalue weighted by Crippen LogP contribution is -2.31. The summed E-state index contributed by atoms with van der Waals surface area (Å²) in [5.74, 6) is 0.104. The highest BCUT2D eigenvalue weighted by atomic mass is 19.4. The van der Waals surface area contributed by atoms with Crippen LogP contribution in [0.15, 0.2) is 29.4 Å². The van der Waals surface area contributed by atoms with E-state index >= 15 is 0 Å². The van der Waals surface area contributed by atoms with Crippen LogP contribution in [0.4, 0.5) is 13.2 Å². The largest absolute Gasteiger partial charge is 0.416 e. The molecule has 1 aromatic carbocycles. The number of carbonyl (C=O) groups is 1. The summed E-state index contributed by atoms with van der Waals surface area (Å²) >= 11 is 0. The van der Waals surface area contributed by atoms with Gasteiger partial charge in [0.05, 0.1) is 17.8 Å². The Balaban J connectivity index is 2.15. The Bertz CT molecular complexity index is 535. The van der Waals surface area contributed by atoms with Gasteiger partial charge in [-0.3, -0.25) is 9.80 Å². The van der Waals surface area contributed by atoms with E-state index < -0.39 is 11.7 Å². The monoisotopic (exact) mass is 298 g/mol. The van der Waals surface area contributed by atoms with Gasteiger partial charge in [0.2, 0.25) is 0 Å². The zero-order valence-corrected chi connectivity index (χ0v) is 11.8. The van der Waals surface area contributed by atoms with Crippen molar-refractivity contribution in [3.05, 3.63) is 35.4 Å². The van der Waals surface area contributed by atoms with E-state index in [1.54, 1.807) is 11.9 Å². The van der Waals surface area contributed by atoms with Gasteiger partial charge in [-0.1, -0.05) is 19.1 Å². The maximum Gasteiger partial charge on any atom is 0.416 e. The lowest BCUT2D eigenvalue weighted by Gasteiger charge is -2.24. The number of alkyl halides is 3. The molecule has 0 fully saturated rings. The molecule has 114 valence electrons. The molecule has 0 amide bonds. The van der Waals surface area contributed by atoms with Gasteiger partial charge in [0.1, 0.15) is 0 Å². The molecule has 0 unspecified atom stereocenters. The summed E-state index contributed by atoms with van der Waals surface area (Å²) < 4.78 is 37.6. The van der Waals surface area contributed by atoms with Crippen LogP contribution < -0.4 is 0 Å². The lowest BCUT2D eigenvalue weighted by atomic mass is 10.0. The van der Waals surface area contributed by atoms with E-state index in [1.807, 2.05) is 0 Å². The zero-order chi connectivity index (χ0) is 15.5. The molecular formula is C15H17F3N2O. The van der Waals surface area contributed by atoms with E-state index in [1.165, 1.54) is 12.1 Å². The molecule has 3 nitrogen and oxygen atoms in total. The highest BCUT2D eigenvalue weighted by molar-refractivity contribution is 6.00. The van der Waals surface area contributed by atoms with Gasteiger partial charge in [0, 0.05) is 13.0 Å². The Morgan fingerprint density at radius 2 is 1.95 bits per heavy atom. The fraction of sp³-hybridized carbons (Fsp3) is 0.467. The molecular weight excluding hydrogens is 281 g/mol. The molecule has 0 N–H and O–H groups in total. The summed E-state index contributed by atoms with van der Waals surface area (Å²) in [5, 5.41) is 6.08. The summed E-state index contributed by atoms with van der Waals surface area (Å²) in [6, 6.07) is 5.00. The summed E-state index contributed by atoms with van der Waals surface area (Å²) in [4.78, 5) is 11.4. The molecule has 0 radical (unpaired) electrons. The Morgan fingerprint density at radius 3 is 2.52 bits per heavy atom. The molecule has 6 heteroatoms. The number of hydrazone groups is 1. The molecule has 1 heterocycles. The average Bonchev–Trinajstić information content (AvgIpc) is 2.46. The van der Waals surface area contributed by atoms with Crippen LogP contribution >= 0.6 is 0 Å². The Kier molecular flexibility index (Phi) is 4.65. The predicted octanol–water partition coefficient (Wildman–Crippen LogP) is 3.48. The van der Waals surface area contributed by atoms with Crippen LogP contribution in [-0.2, 0) is 11.0 Å². The first-order chi connectivity index (χ1) is 9.90. The van der Waals surface area contributed by atoms with Crippen LogP contribution in [0.2, 0.25) is 0 Å². The quantitative estimate of drug-likeness (QED) is 0.852. The first-order valence-corrected chi connectivity index (χ1v) is 6.92. The number of ketones is 1. The molecule has 0 saturated carbocycles. The van der Waals surface area contributed by atoms with Crippen molar-refractivity contribution in [3.63, 3.8) is 0 Å². The van der Waals surface area contributed by atoms with E-state index in [0.717, 1.165) is 24.3 Å². The summed E-state index contributed by atoms with van der Waals surface area (Å²) in [6.45, 7) is 2.77. The Labute approximate surface area is 121 Å². The van der Waals surface area contributed by atoms with Gasteiger partial charge in [-0.25, -0.2) is 0 Å². The van der Waals surface area contributed by atoms with E-state index in [2.05, 4.69) is 5.10 Å². The highest BCUT2D eigenvalue weighted by Crippen LogP contribution is 2.29. The van der Waals surface area contributed by atoms with Crippen molar-refractivity contribution in [1.29, 1.82) is 0 Å². The van der Waals surface area contributed by atoms with Gasteiger partial charge >= 0.3 is 6.18 Å². The van der Waals surface area contributed by atoms with Gasteiger partial charge < -0.3 is 0 Å². The first-order valence-electron chi connectivity index (χ1n) is 6.92. The minimum Gasteiger partial charge on any atom is -0.298 e. The zero-order valence-electron chi connectivity index (χ0n) is 11.8. The lowest BCUT2D eigenvalue weighted by molar-refractivity contribution is -0.137. The number of nitrogens with zero attached hydrogens (tertiary/aromatic N) is 2. The normalized spacial score (nSPS) is 15.8. The summed E-state index contributed by atoms with van der Waals surface area (Å²) in [5.41, 5.74) is 0.746. The number of Topliss-reactive ketones (excluding diaryl/α,β-unsaturated/α-hetero) is 1. The van der Waals surface area contributed by atoms with Gasteiger partial charge in [0.25, 0.3) is 0 Å². The number of hydrogen-bond donors (Lipinski definition) is 0. The number of hydrogen-bond acceptors (Lipinski definition) is 3. The third kappa shape index (κ3) is 4.06. The van der Waals surface area contributed by atoms with Gasteiger partial charge in [0.15, 0.2) is 5.78 Å². The number of rotatable bonds is 4. The van der Waals surface area contributed by atoms with Crippen LogP contribution in [-0.4, -0.2) is 29.6 Å². The summed E-state index contributed by atoms with van der Waals surface area (Å²) in [7, 11) is 0. The van der Waals surface area contributed by atoms with Crippen molar-refractivity contribution in [2.45, 2.75) is 32.4 Å². The summed E-state index contributed by atoms with van der Waals surface area (Å²) in [6.07, 6.45) is -2.31. The standard InChI is InChI=1S/C15H17F3N2O/c1-2-13(21)10-20-9-3-4-14(19-20)11-5-7-12(8-6-11)15(16,17)18/h5-8H,2-4,9-10H2,1H3. The third-order valence-electron chi connectivity index (χ3n) is 3.39. The van der Waals surface area contributed by atoms with Crippen molar-refractivity contribution in [2.75, 3.05) is 13.1 Å². The topological polar surface area (TPSA) is 32.7 Å². The minimum atomic E-state index is -4.33. The second kappa shape index (κ2) is 6.28. The second-order valence-electron chi connectivity index (χ2n) is 5.01. The fourth-order valence-corrected chi connectivity index (χ4v) is 2.18. The molecule has 0 aliphatic carbocycles. The van der Waals surface area contributed by atoms with E-state index in [-0.39, 0.29) is 12.3 Å². The van der Waals surface area contributed by atoms with Crippen molar-refractivity contribution >= 4 is 11.5 Å². The molecule has 1 aliphatic rings. The van der Waals surface area contributed by atoms with E-state index in [9.17, 15) is 18.0 Å². The van der Waals surface area contributed by atoms with Gasteiger partial charge in [-0.05, 0) is 30.5 Å². The molecule has 2 rings (SSSR count). The fourth-order valence-electron chi connectivity index (χ4n) is 2.18.